The van der Waals surface area contributed by atoms with Crippen LogP contribution in [0.5, 0.6) is 5.75 Å². The van der Waals surface area contributed by atoms with Gasteiger partial charge in [-0.15, -0.1) is 0 Å². The third-order valence-corrected chi connectivity index (χ3v) is 3.79. The minimum Gasteiger partial charge on any atom is -0.488 e. The minimum atomic E-state index is 0.637. The van der Waals surface area contributed by atoms with Gasteiger partial charge in [0.05, 0.1) is 0 Å². The van der Waals surface area contributed by atoms with Gasteiger partial charge in [-0.1, -0.05) is 48.5 Å². The number of hydrogen-bond donors (Lipinski definition) is 1. The fourth-order valence-corrected chi connectivity index (χ4v) is 2.71. The minimum absolute atomic E-state index is 0.637. The SMILES string of the molecule is CN(C)CCC=C1c2ccccc2COc2ccccc21.CO. The van der Waals surface area contributed by atoms with Crippen molar-refractivity contribution in [2.75, 3.05) is 27.7 Å². The van der Waals surface area contributed by atoms with Gasteiger partial charge in [-0.2, -0.15) is 0 Å². The average molecular weight is 311 g/mol. The second kappa shape index (κ2) is 8.51. The molecule has 3 heteroatoms. The first-order valence-electron chi connectivity index (χ1n) is 7.86. The van der Waals surface area contributed by atoms with E-state index in [0.717, 1.165) is 25.8 Å². The van der Waals surface area contributed by atoms with Crippen molar-refractivity contribution in [1.29, 1.82) is 0 Å². The number of ether oxygens (including phenoxy) is 1. The molecule has 1 N–H and O–H groups in total. The summed E-state index contributed by atoms with van der Waals surface area (Å²) < 4.78 is 5.98. The first-order valence-corrected chi connectivity index (χ1v) is 7.86. The summed E-state index contributed by atoms with van der Waals surface area (Å²) in [6.45, 7) is 1.69. The molecule has 1 aliphatic rings. The maximum absolute atomic E-state index is 7.00. The number of rotatable bonds is 3. The van der Waals surface area contributed by atoms with Crippen molar-refractivity contribution in [3.05, 3.63) is 71.3 Å². The van der Waals surface area contributed by atoms with E-state index in [0.29, 0.717) is 6.61 Å². The first-order chi connectivity index (χ1) is 11.3. The zero-order chi connectivity index (χ0) is 16.7. The molecule has 0 saturated heterocycles. The molecule has 3 nitrogen and oxygen atoms in total. The molecule has 2 aromatic carbocycles. The number of nitrogens with zero attached hydrogens (tertiary/aromatic N) is 1. The number of hydrogen-bond acceptors (Lipinski definition) is 3. The maximum atomic E-state index is 7.00. The van der Waals surface area contributed by atoms with Crippen LogP contribution in [0.3, 0.4) is 0 Å². The summed E-state index contributed by atoms with van der Waals surface area (Å²) in [5.41, 5.74) is 5.03. The lowest BCUT2D eigenvalue weighted by Gasteiger charge is -2.12. The Morgan fingerprint density at radius 2 is 1.65 bits per heavy atom. The van der Waals surface area contributed by atoms with Gasteiger partial charge in [0.15, 0.2) is 0 Å². The van der Waals surface area contributed by atoms with Crippen molar-refractivity contribution in [3.63, 3.8) is 0 Å². The summed E-state index contributed by atoms with van der Waals surface area (Å²) in [5, 5.41) is 7.00. The van der Waals surface area contributed by atoms with Crippen molar-refractivity contribution in [2.45, 2.75) is 13.0 Å². The predicted molar refractivity (Wildman–Crippen MR) is 95.6 cm³/mol. The molecule has 0 aliphatic carbocycles. The van der Waals surface area contributed by atoms with Crippen LogP contribution in [0.25, 0.3) is 5.57 Å². The van der Waals surface area contributed by atoms with Gasteiger partial charge in [-0.25, -0.2) is 0 Å². The molecule has 0 unspecified atom stereocenters. The second-order valence-corrected chi connectivity index (χ2v) is 5.65. The maximum Gasteiger partial charge on any atom is 0.127 e. The van der Waals surface area contributed by atoms with E-state index in [1.54, 1.807) is 0 Å². The Labute approximate surface area is 138 Å². The summed E-state index contributed by atoms with van der Waals surface area (Å²) >= 11 is 0. The van der Waals surface area contributed by atoms with Crippen LogP contribution in [0.2, 0.25) is 0 Å². The lowest BCUT2D eigenvalue weighted by Crippen LogP contribution is -2.12. The molecule has 23 heavy (non-hydrogen) atoms. The largest absolute Gasteiger partial charge is 0.488 e. The molecule has 0 aromatic heterocycles. The number of para-hydroxylation sites is 1. The van der Waals surface area contributed by atoms with Crippen LogP contribution in [-0.2, 0) is 6.61 Å². The van der Waals surface area contributed by atoms with Crippen LogP contribution >= 0.6 is 0 Å². The quantitative estimate of drug-likeness (QED) is 0.940. The third-order valence-electron chi connectivity index (χ3n) is 3.79. The van der Waals surface area contributed by atoms with E-state index < -0.39 is 0 Å². The Balaban J connectivity index is 0.000000924. The van der Waals surface area contributed by atoms with E-state index >= 15 is 0 Å². The summed E-state index contributed by atoms with van der Waals surface area (Å²) in [4.78, 5) is 2.21. The van der Waals surface area contributed by atoms with Gasteiger partial charge in [0.2, 0.25) is 0 Å². The van der Waals surface area contributed by atoms with Crippen LogP contribution in [0.15, 0.2) is 54.6 Å². The van der Waals surface area contributed by atoms with Crippen LogP contribution in [0, 0.1) is 0 Å². The number of benzene rings is 2. The smallest absolute Gasteiger partial charge is 0.127 e. The van der Waals surface area contributed by atoms with Gasteiger partial charge >= 0.3 is 0 Å². The van der Waals surface area contributed by atoms with Gasteiger partial charge in [0.25, 0.3) is 0 Å². The summed E-state index contributed by atoms with van der Waals surface area (Å²) in [6, 6.07) is 16.9. The molecule has 0 fully saturated rings. The highest BCUT2D eigenvalue weighted by Gasteiger charge is 2.17. The van der Waals surface area contributed by atoms with Crippen LogP contribution in [-0.4, -0.2) is 37.8 Å². The number of fused-ring (bicyclic) bond motifs is 2. The van der Waals surface area contributed by atoms with Gasteiger partial charge in [0, 0.05) is 19.2 Å². The molecule has 2 aromatic rings. The molecule has 1 aliphatic heterocycles. The molecular weight excluding hydrogens is 286 g/mol. The van der Waals surface area contributed by atoms with Gasteiger partial charge in [0.1, 0.15) is 12.4 Å². The Morgan fingerprint density at radius 3 is 2.39 bits per heavy atom. The van der Waals surface area contributed by atoms with E-state index in [2.05, 4.69) is 67.5 Å². The predicted octanol–water partition coefficient (Wildman–Crippen LogP) is 3.57. The highest BCUT2D eigenvalue weighted by atomic mass is 16.5. The topological polar surface area (TPSA) is 32.7 Å². The summed E-state index contributed by atoms with van der Waals surface area (Å²) in [7, 11) is 5.22. The molecule has 1 heterocycles. The summed E-state index contributed by atoms with van der Waals surface area (Å²) in [5.74, 6) is 0.977. The van der Waals surface area contributed by atoms with Crippen molar-refractivity contribution in [3.8, 4) is 5.75 Å². The van der Waals surface area contributed by atoms with Crippen molar-refractivity contribution < 1.29 is 9.84 Å². The standard InChI is InChI=1S/C19H21NO.CH4O/c1-20(2)13-7-11-17-16-9-4-3-8-15(16)14-21-19-12-6-5-10-18(17)19;1-2/h3-6,8-12H,7,13-14H2,1-2H3;2H,1H3. The van der Waals surface area contributed by atoms with E-state index in [4.69, 9.17) is 9.84 Å². The highest BCUT2D eigenvalue weighted by molar-refractivity contribution is 5.84. The molecule has 0 radical (unpaired) electrons. The van der Waals surface area contributed by atoms with Crippen molar-refractivity contribution in [1.82, 2.24) is 4.90 Å². The zero-order valence-electron chi connectivity index (χ0n) is 14.1. The molecule has 0 bridgehead atoms. The second-order valence-electron chi connectivity index (χ2n) is 5.65. The normalized spacial score (nSPS) is 14.2. The zero-order valence-corrected chi connectivity index (χ0v) is 14.1. The average Bonchev–Trinajstić information content (AvgIpc) is 2.74. The lowest BCUT2D eigenvalue weighted by atomic mass is 9.93. The number of aliphatic hydroxyl groups excluding tert-OH is 1. The van der Waals surface area contributed by atoms with E-state index in [-0.39, 0.29) is 0 Å². The van der Waals surface area contributed by atoms with Crippen molar-refractivity contribution >= 4 is 5.57 Å². The fraction of sp³-hybridized carbons (Fsp3) is 0.300. The summed E-state index contributed by atoms with van der Waals surface area (Å²) in [6.07, 6.45) is 3.37. The Hall–Kier alpha value is -2.10. The van der Waals surface area contributed by atoms with Crippen LogP contribution in [0.1, 0.15) is 23.1 Å². The van der Waals surface area contributed by atoms with Gasteiger partial charge in [-0.05, 0) is 43.3 Å². The van der Waals surface area contributed by atoms with Gasteiger partial charge < -0.3 is 14.7 Å². The molecule has 122 valence electrons. The third kappa shape index (κ3) is 4.21. The molecule has 0 saturated carbocycles. The molecule has 0 amide bonds. The Morgan fingerprint density at radius 1 is 1.00 bits per heavy atom. The van der Waals surface area contributed by atoms with E-state index in [1.165, 1.54) is 22.3 Å². The molecular formula is C20H25NO2. The van der Waals surface area contributed by atoms with Gasteiger partial charge in [-0.3, -0.25) is 0 Å². The fourth-order valence-electron chi connectivity index (χ4n) is 2.71. The Bertz CT molecular complexity index is 613. The van der Waals surface area contributed by atoms with Crippen LogP contribution in [0.4, 0.5) is 0 Å². The number of aliphatic hydroxyl groups is 1. The molecule has 0 spiro atoms. The highest BCUT2D eigenvalue weighted by Crippen LogP contribution is 2.36. The monoisotopic (exact) mass is 311 g/mol. The van der Waals surface area contributed by atoms with Crippen molar-refractivity contribution in [2.24, 2.45) is 0 Å². The molecule has 0 atom stereocenters. The lowest BCUT2D eigenvalue weighted by molar-refractivity contribution is 0.307. The first kappa shape index (κ1) is 17.3. The van der Waals surface area contributed by atoms with E-state index in [1.807, 2.05) is 6.07 Å². The molecule has 3 rings (SSSR count). The van der Waals surface area contributed by atoms with Crippen LogP contribution < -0.4 is 4.74 Å². The Kier molecular flexibility index (Phi) is 6.39. The van der Waals surface area contributed by atoms with E-state index in [9.17, 15) is 0 Å².